The minimum absolute atomic E-state index is 0.104. The minimum Gasteiger partial charge on any atom is -0.463 e. The largest absolute Gasteiger partial charge is 0.463 e. The third-order valence-corrected chi connectivity index (χ3v) is 11.4. The second kappa shape index (κ2) is 9.23. The van der Waals surface area contributed by atoms with Gasteiger partial charge in [-0.3, -0.25) is 4.79 Å². The zero-order chi connectivity index (χ0) is 23.3. The molecular formula is C29H50O3. The highest BCUT2D eigenvalue weighted by Crippen LogP contribution is 2.68. The van der Waals surface area contributed by atoms with Gasteiger partial charge in [0.25, 0.3) is 0 Å². The first-order chi connectivity index (χ1) is 15.1. The van der Waals surface area contributed by atoms with E-state index in [0.717, 1.165) is 54.8 Å². The maximum atomic E-state index is 11.5. The first-order valence-electron chi connectivity index (χ1n) is 13.9. The second-order valence-electron chi connectivity index (χ2n) is 13.3. The number of hydrogen-bond acceptors (Lipinski definition) is 3. The summed E-state index contributed by atoms with van der Waals surface area (Å²) in [6.45, 7) is 13.6. The maximum Gasteiger partial charge on any atom is 0.302 e. The molecule has 4 saturated carbocycles. The Morgan fingerprint density at radius 3 is 2.31 bits per heavy atom. The Bertz CT molecular complexity index is 673. The van der Waals surface area contributed by atoms with Crippen molar-refractivity contribution in [1.29, 1.82) is 0 Å². The smallest absolute Gasteiger partial charge is 0.302 e. The van der Waals surface area contributed by atoms with Crippen LogP contribution in [0.4, 0.5) is 0 Å². The van der Waals surface area contributed by atoms with Gasteiger partial charge in [-0.15, -0.1) is 0 Å². The van der Waals surface area contributed by atoms with Crippen LogP contribution in [0.25, 0.3) is 0 Å². The first kappa shape index (κ1) is 24.6. The van der Waals surface area contributed by atoms with Crippen LogP contribution in [-0.2, 0) is 9.53 Å². The standard InChI is InChI=1S/C29H50O3/c1-18(2)27(31)12-7-19(3)24-10-11-25-23-9-8-21-17-22(32-20(4)30)13-15-28(21,5)26(23)14-16-29(24,25)6/h18-19,21-27,31H,7-17H2,1-6H3/t19-,21-,22-,23+,24-,25+,26+,27?,28+,29-/m1/s1. The summed E-state index contributed by atoms with van der Waals surface area (Å²) in [6, 6.07) is 0. The van der Waals surface area contributed by atoms with E-state index in [0.29, 0.717) is 16.7 Å². The quantitative estimate of drug-likeness (QED) is 0.446. The van der Waals surface area contributed by atoms with E-state index < -0.39 is 0 Å². The third-order valence-electron chi connectivity index (χ3n) is 11.4. The number of rotatable bonds is 6. The molecule has 0 amide bonds. The van der Waals surface area contributed by atoms with Crippen molar-refractivity contribution in [2.45, 2.75) is 124 Å². The summed E-state index contributed by atoms with van der Waals surface area (Å²) in [7, 11) is 0. The molecule has 1 N–H and O–H groups in total. The molecule has 4 aliphatic carbocycles. The Balaban J connectivity index is 1.43. The van der Waals surface area contributed by atoms with E-state index in [2.05, 4.69) is 34.6 Å². The minimum atomic E-state index is -0.143. The van der Waals surface area contributed by atoms with Crippen molar-refractivity contribution in [2.75, 3.05) is 0 Å². The zero-order valence-electron chi connectivity index (χ0n) is 21.7. The van der Waals surface area contributed by atoms with Crippen molar-refractivity contribution in [3.8, 4) is 0 Å². The van der Waals surface area contributed by atoms with Crippen molar-refractivity contribution in [2.24, 2.45) is 52.3 Å². The Morgan fingerprint density at radius 1 is 0.938 bits per heavy atom. The number of carbonyl (C=O) groups is 1. The van der Waals surface area contributed by atoms with Crippen LogP contribution >= 0.6 is 0 Å². The molecule has 0 heterocycles. The molecule has 0 aromatic rings. The Hall–Kier alpha value is -0.570. The van der Waals surface area contributed by atoms with Crippen molar-refractivity contribution >= 4 is 5.97 Å². The van der Waals surface area contributed by atoms with Gasteiger partial charge in [-0.05, 0) is 123 Å². The van der Waals surface area contributed by atoms with Gasteiger partial charge in [-0.2, -0.15) is 0 Å². The lowest BCUT2D eigenvalue weighted by atomic mass is 9.44. The van der Waals surface area contributed by atoms with E-state index in [1.807, 2.05) is 0 Å². The first-order valence-corrected chi connectivity index (χ1v) is 13.9. The Kier molecular flexibility index (Phi) is 7.08. The van der Waals surface area contributed by atoms with E-state index in [1.165, 1.54) is 51.4 Å². The molecule has 10 atom stereocenters. The van der Waals surface area contributed by atoms with Crippen LogP contribution in [0.5, 0.6) is 0 Å². The van der Waals surface area contributed by atoms with Crippen molar-refractivity contribution in [1.82, 2.24) is 0 Å². The summed E-state index contributed by atoms with van der Waals surface area (Å²) in [5.74, 6) is 5.23. The lowest BCUT2D eigenvalue weighted by Crippen LogP contribution is -2.54. The topological polar surface area (TPSA) is 46.5 Å². The number of ether oxygens (including phenoxy) is 1. The van der Waals surface area contributed by atoms with Crippen LogP contribution in [0.3, 0.4) is 0 Å². The molecule has 0 radical (unpaired) electrons. The fourth-order valence-corrected chi connectivity index (χ4v) is 9.50. The summed E-state index contributed by atoms with van der Waals surface area (Å²) in [5, 5.41) is 10.3. The summed E-state index contributed by atoms with van der Waals surface area (Å²) in [6.07, 6.45) is 13.9. The Labute approximate surface area is 197 Å². The lowest BCUT2D eigenvalue weighted by Gasteiger charge is -2.61. The number of esters is 1. The highest BCUT2D eigenvalue weighted by Gasteiger charge is 2.60. The van der Waals surface area contributed by atoms with Crippen molar-refractivity contribution in [3.63, 3.8) is 0 Å². The van der Waals surface area contributed by atoms with Crippen LogP contribution in [0.1, 0.15) is 112 Å². The predicted octanol–water partition coefficient (Wildman–Crippen LogP) is 7.01. The summed E-state index contributed by atoms with van der Waals surface area (Å²) >= 11 is 0. The van der Waals surface area contributed by atoms with E-state index in [1.54, 1.807) is 6.92 Å². The fourth-order valence-electron chi connectivity index (χ4n) is 9.50. The number of aliphatic hydroxyl groups is 1. The molecule has 0 spiro atoms. The second-order valence-corrected chi connectivity index (χ2v) is 13.3. The molecule has 4 rings (SSSR count). The molecular weight excluding hydrogens is 396 g/mol. The van der Waals surface area contributed by atoms with Gasteiger partial charge in [-0.1, -0.05) is 34.6 Å². The van der Waals surface area contributed by atoms with Crippen LogP contribution in [0.2, 0.25) is 0 Å². The molecule has 0 aromatic carbocycles. The molecule has 32 heavy (non-hydrogen) atoms. The van der Waals surface area contributed by atoms with Gasteiger partial charge in [0, 0.05) is 6.92 Å². The maximum absolute atomic E-state index is 11.5. The monoisotopic (exact) mass is 446 g/mol. The average molecular weight is 447 g/mol. The van der Waals surface area contributed by atoms with Crippen LogP contribution < -0.4 is 0 Å². The predicted molar refractivity (Wildman–Crippen MR) is 130 cm³/mol. The van der Waals surface area contributed by atoms with Gasteiger partial charge >= 0.3 is 5.97 Å². The fraction of sp³-hybridized carbons (Fsp3) is 0.966. The number of fused-ring (bicyclic) bond motifs is 5. The summed E-state index contributed by atoms with van der Waals surface area (Å²) < 4.78 is 5.64. The molecule has 184 valence electrons. The van der Waals surface area contributed by atoms with Gasteiger partial charge in [0.2, 0.25) is 0 Å². The van der Waals surface area contributed by atoms with Gasteiger partial charge < -0.3 is 9.84 Å². The van der Waals surface area contributed by atoms with Crippen molar-refractivity contribution in [3.05, 3.63) is 0 Å². The van der Waals surface area contributed by atoms with Crippen LogP contribution in [0, 0.1) is 52.3 Å². The molecule has 4 fully saturated rings. The number of hydrogen-bond donors (Lipinski definition) is 1. The zero-order valence-corrected chi connectivity index (χ0v) is 21.7. The highest BCUT2D eigenvalue weighted by molar-refractivity contribution is 5.66. The third kappa shape index (κ3) is 4.29. The average Bonchev–Trinajstić information content (AvgIpc) is 3.08. The molecule has 0 saturated heterocycles. The van der Waals surface area contributed by atoms with E-state index in [9.17, 15) is 9.90 Å². The van der Waals surface area contributed by atoms with Gasteiger partial charge in [0.05, 0.1) is 6.10 Å². The molecule has 3 nitrogen and oxygen atoms in total. The molecule has 1 unspecified atom stereocenters. The van der Waals surface area contributed by atoms with Gasteiger partial charge in [-0.25, -0.2) is 0 Å². The van der Waals surface area contributed by atoms with Gasteiger partial charge in [0.1, 0.15) is 6.10 Å². The van der Waals surface area contributed by atoms with Crippen LogP contribution in [0.15, 0.2) is 0 Å². The van der Waals surface area contributed by atoms with Gasteiger partial charge in [0.15, 0.2) is 0 Å². The van der Waals surface area contributed by atoms with E-state index in [4.69, 9.17) is 4.74 Å². The number of carbonyl (C=O) groups excluding carboxylic acids is 1. The van der Waals surface area contributed by atoms with E-state index >= 15 is 0 Å². The molecule has 3 heteroatoms. The SMILES string of the molecule is CC(=O)O[C@@H]1CC[C@@]2(C)[C@H](CC[C@@H]3[C@@H]2CC[C@]2(C)[C@@H]([C@H](C)CCC(O)C(C)C)CC[C@@H]32)C1. The molecule has 0 aliphatic heterocycles. The highest BCUT2D eigenvalue weighted by atomic mass is 16.5. The number of aliphatic hydroxyl groups excluding tert-OH is 1. The van der Waals surface area contributed by atoms with Crippen LogP contribution in [-0.4, -0.2) is 23.3 Å². The summed E-state index contributed by atoms with van der Waals surface area (Å²) in [5.41, 5.74) is 0.952. The molecule has 4 aliphatic rings. The summed E-state index contributed by atoms with van der Waals surface area (Å²) in [4.78, 5) is 11.5. The van der Waals surface area contributed by atoms with E-state index in [-0.39, 0.29) is 18.2 Å². The molecule has 0 bridgehead atoms. The normalized spacial score (nSPS) is 45.5. The lowest BCUT2D eigenvalue weighted by molar-refractivity contribution is -0.160. The van der Waals surface area contributed by atoms with Crippen molar-refractivity contribution < 1.29 is 14.6 Å². The molecule has 0 aromatic heterocycles. The Morgan fingerprint density at radius 2 is 1.62 bits per heavy atom.